The van der Waals surface area contributed by atoms with Gasteiger partial charge < -0.3 is 19.5 Å². The number of aromatic nitrogens is 1. The van der Waals surface area contributed by atoms with E-state index >= 15 is 0 Å². The highest BCUT2D eigenvalue weighted by Gasteiger charge is 2.31. The predicted octanol–water partition coefficient (Wildman–Crippen LogP) is 4.29. The highest BCUT2D eigenvalue weighted by Crippen LogP contribution is 2.34. The van der Waals surface area contributed by atoms with Gasteiger partial charge in [-0.2, -0.15) is 0 Å². The third-order valence-electron chi connectivity index (χ3n) is 4.72. The first-order valence-corrected chi connectivity index (χ1v) is 9.51. The van der Waals surface area contributed by atoms with Crippen LogP contribution in [0.1, 0.15) is 38.6 Å². The Bertz CT molecular complexity index is 912. The van der Waals surface area contributed by atoms with E-state index in [1.165, 1.54) is 6.07 Å². The minimum Gasteiger partial charge on any atom is -0.444 e. The summed E-state index contributed by atoms with van der Waals surface area (Å²) < 4.78 is 10.6. The van der Waals surface area contributed by atoms with Crippen molar-refractivity contribution in [2.24, 2.45) is 0 Å². The summed E-state index contributed by atoms with van der Waals surface area (Å²) in [6.45, 7) is 10.0. The topological polar surface area (TPSA) is 111 Å². The molecule has 29 heavy (non-hydrogen) atoms. The maximum absolute atomic E-state index is 12.2. The Hall–Kier alpha value is -3.10. The van der Waals surface area contributed by atoms with E-state index < -0.39 is 10.5 Å². The van der Waals surface area contributed by atoms with Crippen molar-refractivity contribution in [3.05, 3.63) is 39.8 Å². The van der Waals surface area contributed by atoms with Gasteiger partial charge in [0, 0.05) is 30.8 Å². The molecule has 0 unspecified atom stereocenters. The Morgan fingerprint density at radius 3 is 2.69 bits per heavy atom. The first-order chi connectivity index (χ1) is 13.5. The summed E-state index contributed by atoms with van der Waals surface area (Å²) in [6.07, 6.45) is 0.312. The maximum Gasteiger partial charge on any atom is 0.410 e. The molecule has 1 aromatic heterocycles. The molecule has 1 amide bonds. The summed E-state index contributed by atoms with van der Waals surface area (Å²) >= 11 is 0. The Labute approximate surface area is 169 Å². The molecule has 0 spiro atoms. The minimum atomic E-state index is -0.560. The zero-order chi connectivity index (χ0) is 21.3. The molecule has 1 aliphatic heterocycles. The second-order valence-electron chi connectivity index (χ2n) is 8.24. The lowest BCUT2D eigenvalue weighted by molar-refractivity contribution is -0.383. The number of nitro benzene ring substituents is 1. The third kappa shape index (κ3) is 4.67. The molecule has 1 saturated heterocycles. The van der Waals surface area contributed by atoms with E-state index in [1.54, 1.807) is 24.8 Å². The molecular weight excluding hydrogens is 376 g/mol. The van der Waals surface area contributed by atoms with Crippen LogP contribution < -0.4 is 5.32 Å². The Morgan fingerprint density at radius 1 is 1.38 bits per heavy atom. The number of hydrogen-bond donors (Lipinski definition) is 1. The van der Waals surface area contributed by atoms with Crippen molar-refractivity contribution in [2.45, 2.75) is 52.7 Å². The van der Waals surface area contributed by atoms with Crippen LogP contribution in [0.2, 0.25) is 0 Å². The van der Waals surface area contributed by atoms with E-state index in [0.717, 1.165) is 5.56 Å². The highest BCUT2D eigenvalue weighted by atomic mass is 16.6. The summed E-state index contributed by atoms with van der Waals surface area (Å²) in [4.78, 5) is 25.1. The number of likely N-dealkylation sites (tertiary alicyclic amines) is 1. The third-order valence-corrected chi connectivity index (χ3v) is 4.72. The van der Waals surface area contributed by atoms with Gasteiger partial charge in [-0.1, -0.05) is 11.2 Å². The first kappa shape index (κ1) is 20.6. The number of ether oxygens (including phenoxy) is 1. The number of amides is 1. The molecule has 2 heterocycles. The van der Waals surface area contributed by atoms with Crippen molar-refractivity contribution in [3.8, 4) is 11.1 Å². The molecule has 156 valence electrons. The minimum absolute atomic E-state index is 0.0294. The van der Waals surface area contributed by atoms with Gasteiger partial charge >= 0.3 is 6.09 Å². The van der Waals surface area contributed by atoms with E-state index in [-0.39, 0.29) is 17.8 Å². The second-order valence-corrected chi connectivity index (χ2v) is 8.24. The van der Waals surface area contributed by atoms with E-state index in [1.807, 2.05) is 26.8 Å². The van der Waals surface area contributed by atoms with Gasteiger partial charge in [0.2, 0.25) is 0 Å². The van der Waals surface area contributed by atoms with Gasteiger partial charge in [-0.05, 0) is 52.7 Å². The number of nitrogens with one attached hydrogen (secondary N) is 1. The molecule has 9 heteroatoms. The average Bonchev–Trinajstić information content (AvgIpc) is 3.21. The zero-order valence-corrected chi connectivity index (χ0v) is 17.3. The molecular formula is C20H26N4O5. The van der Waals surface area contributed by atoms with Crippen LogP contribution in [0, 0.1) is 24.0 Å². The summed E-state index contributed by atoms with van der Waals surface area (Å²) in [6, 6.07) is 4.93. The molecule has 3 rings (SSSR count). The molecule has 1 aliphatic rings. The highest BCUT2D eigenvalue weighted by molar-refractivity contribution is 5.76. The SMILES string of the molecule is Cc1noc(C)c1-c1ccc(N[C@H]2CCN(C(=O)OC(C)(C)C)C2)c([N+](=O)[O-])c1. The van der Waals surface area contributed by atoms with Crippen LogP contribution in [0.15, 0.2) is 22.7 Å². The summed E-state index contributed by atoms with van der Waals surface area (Å²) in [5, 5.41) is 18.8. The number of anilines is 1. The lowest BCUT2D eigenvalue weighted by Crippen LogP contribution is -2.36. The lowest BCUT2D eigenvalue weighted by Gasteiger charge is -2.24. The molecule has 1 aromatic carbocycles. The molecule has 0 saturated carbocycles. The predicted molar refractivity (Wildman–Crippen MR) is 108 cm³/mol. The van der Waals surface area contributed by atoms with E-state index in [4.69, 9.17) is 9.26 Å². The standard InChI is InChI=1S/C20H26N4O5/c1-12-18(13(2)29-22-12)14-6-7-16(17(10-14)24(26)27)21-15-8-9-23(11-15)19(25)28-20(3,4)5/h6-7,10,15,21H,8-9,11H2,1-5H3/t15-/m0/s1. The largest absolute Gasteiger partial charge is 0.444 e. The molecule has 1 atom stereocenters. The fourth-order valence-corrected chi connectivity index (χ4v) is 3.45. The van der Waals surface area contributed by atoms with E-state index in [0.29, 0.717) is 42.2 Å². The monoisotopic (exact) mass is 402 g/mol. The van der Waals surface area contributed by atoms with Crippen LogP contribution in [0.25, 0.3) is 11.1 Å². The lowest BCUT2D eigenvalue weighted by atomic mass is 10.0. The van der Waals surface area contributed by atoms with Crippen molar-refractivity contribution in [2.75, 3.05) is 18.4 Å². The van der Waals surface area contributed by atoms with Crippen molar-refractivity contribution < 1.29 is 19.0 Å². The molecule has 0 bridgehead atoms. The summed E-state index contributed by atoms with van der Waals surface area (Å²) in [5.74, 6) is 0.612. The van der Waals surface area contributed by atoms with Crippen LogP contribution in [-0.4, -0.2) is 45.8 Å². The van der Waals surface area contributed by atoms with Gasteiger partial charge in [0.25, 0.3) is 5.69 Å². The zero-order valence-electron chi connectivity index (χ0n) is 17.3. The van der Waals surface area contributed by atoms with Gasteiger partial charge in [-0.3, -0.25) is 10.1 Å². The second kappa shape index (κ2) is 7.73. The number of nitrogens with zero attached hydrogens (tertiary/aromatic N) is 3. The van der Waals surface area contributed by atoms with Crippen molar-refractivity contribution in [1.29, 1.82) is 0 Å². The molecule has 9 nitrogen and oxygen atoms in total. The summed E-state index contributed by atoms with van der Waals surface area (Å²) in [7, 11) is 0. The average molecular weight is 402 g/mol. The van der Waals surface area contributed by atoms with E-state index in [2.05, 4.69) is 10.5 Å². The van der Waals surface area contributed by atoms with Gasteiger partial charge in [0.15, 0.2) is 0 Å². The number of carbonyl (C=O) groups excluding carboxylic acids is 1. The Kier molecular flexibility index (Phi) is 5.50. The van der Waals surface area contributed by atoms with Crippen molar-refractivity contribution in [1.82, 2.24) is 10.1 Å². The van der Waals surface area contributed by atoms with Gasteiger partial charge in [-0.15, -0.1) is 0 Å². The normalized spacial score (nSPS) is 16.7. The van der Waals surface area contributed by atoms with Crippen LogP contribution in [0.4, 0.5) is 16.2 Å². The Balaban J connectivity index is 1.76. The quantitative estimate of drug-likeness (QED) is 0.600. The van der Waals surface area contributed by atoms with Gasteiger partial charge in [-0.25, -0.2) is 4.79 Å². The molecule has 1 fully saturated rings. The van der Waals surface area contributed by atoms with Crippen LogP contribution >= 0.6 is 0 Å². The molecule has 1 N–H and O–H groups in total. The van der Waals surface area contributed by atoms with Crippen LogP contribution in [-0.2, 0) is 4.74 Å². The number of benzene rings is 1. The van der Waals surface area contributed by atoms with Crippen molar-refractivity contribution >= 4 is 17.5 Å². The van der Waals surface area contributed by atoms with Gasteiger partial charge in [0.1, 0.15) is 17.0 Å². The van der Waals surface area contributed by atoms with E-state index in [9.17, 15) is 14.9 Å². The number of carbonyl (C=O) groups is 1. The number of aryl methyl sites for hydroxylation is 2. The maximum atomic E-state index is 12.2. The molecule has 2 aromatic rings. The fourth-order valence-electron chi connectivity index (χ4n) is 3.45. The fraction of sp³-hybridized carbons (Fsp3) is 0.500. The van der Waals surface area contributed by atoms with Crippen molar-refractivity contribution in [3.63, 3.8) is 0 Å². The molecule has 0 aliphatic carbocycles. The van der Waals surface area contributed by atoms with Crippen LogP contribution in [0.3, 0.4) is 0 Å². The number of hydrogen-bond acceptors (Lipinski definition) is 7. The molecule has 0 radical (unpaired) electrons. The number of rotatable bonds is 4. The number of nitro groups is 1. The Morgan fingerprint density at radius 2 is 2.10 bits per heavy atom. The van der Waals surface area contributed by atoms with Crippen LogP contribution in [0.5, 0.6) is 0 Å². The first-order valence-electron chi connectivity index (χ1n) is 9.51. The van der Waals surface area contributed by atoms with Gasteiger partial charge in [0.05, 0.1) is 10.6 Å². The summed E-state index contributed by atoms with van der Waals surface area (Å²) in [5.41, 5.74) is 1.95. The smallest absolute Gasteiger partial charge is 0.410 e.